The Labute approximate surface area is 135 Å². The molecular formula is C13H16BrIN2O2. The smallest absolute Gasteiger partial charge is 0.252 e. The van der Waals surface area contributed by atoms with Crippen LogP contribution >= 0.6 is 38.5 Å². The van der Waals surface area contributed by atoms with E-state index in [1.165, 1.54) is 0 Å². The summed E-state index contributed by atoms with van der Waals surface area (Å²) in [5, 5.41) is 5.38. The lowest BCUT2D eigenvalue weighted by atomic mass is 9.92. The van der Waals surface area contributed by atoms with Crippen LogP contribution in [0.4, 0.5) is 0 Å². The van der Waals surface area contributed by atoms with Gasteiger partial charge in [-0.15, -0.1) is 0 Å². The topological polar surface area (TPSA) is 58.2 Å². The molecule has 0 fully saturated rings. The molecule has 0 atom stereocenters. The summed E-state index contributed by atoms with van der Waals surface area (Å²) >= 11 is 5.50. The third kappa shape index (κ3) is 4.45. The molecule has 0 aliphatic heterocycles. The van der Waals surface area contributed by atoms with Crippen molar-refractivity contribution in [2.24, 2.45) is 5.41 Å². The Morgan fingerprint density at radius 2 is 2.00 bits per heavy atom. The highest BCUT2D eigenvalue weighted by Crippen LogP contribution is 2.20. The van der Waals surface area contributed by atoms with Gasteiger partial charge < -0.3 is 10.6 Å². The van der Waals surface area contributed by atoms with Gasteiger partial charge in [-0.05, 0) is 70.6 Å². The van der Waals surface area contributed by atoms with Gasteiger partial charge in [0.2, 0.25) is 5.91 Å². The normalized spacial score (nSPS) is 11.0. The van der Waals surface area contributed by atoms with Gasteiger partial charge in [0.1, 0.15) is 0 Å². The Morgan fingerprint density at radius 3 is 2.58 bits per heavy atom. The molecule has 1 rings (SSSR count). The quantitative estimate of drug-likeness (QED) is 0.709. The van der Waals surface area contributed by atoms with Crippen LogP contribution in [0.5, 0.6) is 0 Å². The summed E-state index contributed by atoms with van der Waals surface area (Å²) in [6.45, 7) is 3.86. The van der Waals surface area contributed by atoms with E-state index in [1.54, 1.807) is 27.0 Å². The van der Waals surface area contributed by atoms with Gasteiger partial charge in [0.15, 0.2) is 0 Å². The molecule has 0 saturated heterocycles. The second kappa shape index (κ2) is 6.69. The Hall–Kier alpha value is -0.630. The molecule has 1 aromatic rings. The van der Waals surface area contributed by atoms with Crippen LogP contribution < -0.4 is 10.6 Å². The predicted molar refractivity (Wildman–Crippen MR) is 87.0 cm³/mol. The monoisotopic (exact) mass is 438 g/mol. The second-order valence-electron chi connectivity index (χ2n) is 4.77. The van der Waals surface area contributed by atoms with Gasteiger partial charge in [-0.1, -0.05) is 0 Å². The molecule has 0 bridgehead atoms. The number of hydrogen-bond acceptors (Lipinski definition) is 2. The first-order valence-electron chi connectivity index (χ1n) is 5.73. The van der Waals surface area contributed by atoms with E-state index in [9.17, 15) is 9.59 Å². The summed E-state index contributed by atoms with van der Waals surface area (Å²) in [6.07, 6.45) is 0. The highest BCUT2D eigenvalue weighted by molar-refractivity contribution is 14.1. The van der Waals surface area contributed by atoms with Crippen LogP contribution in [0.2, 0.25) is 0 Å². The molecule has 0 aliphatic carbocycles. The first kappa shape index (κ1) is 16.4. The number of hydrogen-bond donors (Lipinski definition) is 2. The van der Waals surface area contributed by atoms with E-state index < -0.39 is 5.41 Å². The minimum Gasteiger partial charge on any atom is -0.359 e. The first-order valence-corrected chi connectivity index (χ1v) is 7.60. The minimum absolute atomic E-state index is 0.102. The zero-order chi connectivity index (χ0) is 14.6. The summed E-state index contributed by atoms with van der Waals surface area (Å²) in [5.74, 6) is -0.295. The Kier molecular flexibility index (Phi) is 5.79. The largest absolute Gasteiger partial charge is 0.359 e. The number of rotatable bonds is 4. The zero-order valence-corrected chi connectivity index (χ0v) is 14.8. The van der Waals surface area contributed by atoms with Crippen molar-refractivity contribution >= 4 is 50.3 Å². The van der Waals surface area contributed by atoms with Gasteiger partial charge in [0.25, 0.3) is 5.91 Å². The summed E-state index contributed by atoms with van der Waals surface area (Å²) < 4.78 is 1.72. The molecule has 1 aromatic carbocycles. The highest BCUT2D eigenvalue weighted by Gasteiger charge is 2.27. The standard InChI is InChI=1S/C13H16BrIN2O2/c1-13(2,12(19)16-3)7-17-11(18)9-6-8(15)4-5-10(9)14/h4-6H,7H2,1-3H3,(H,16,19)(H,17,18). The third-order valence-electron chi connectivity index (χ3n) is 2.71. The summed E-state index contributed by atoms with van der Waals surface area (Å²) in [6, 6.07) is 5.54. The van der Waals surface area contributed by atoms with Crippen LogP contribution in [-0.4, -0.2) is 25.4 Å². The molecule has 0 radical (unpaired) electrons. The Balaban J connectivity index is 2.76. The van der Waals surface area contributed by atoms with Crippen molar-refractivity contribution < 1.29 is 9.59 Å². The Morgan fingerprint density at radius 1 is 1.37 bits per heavy atom. The molecule has 4 nitrogen and oxygen atoms in total. The van der Waals surface area contributed by atoms with Crippen LogP contribution in [0.3, 0.4) is 0 Å². The molecule has 6 heteroatoms. The van der Waals surface area contributed by atoms with E-state index in [2.05, 4.69) is 49.2 Å². The molecule has 0 spiro atoms. The van der Waals surface area contributed by atoms with E-state index in [-0.39, 0.29) is 18.4 Å². The molecule has 0 aromatic heterocycles. The van der Waals surface area contributed by atoms with Crippen molar-refractivity contribution in [2.75, 3.05) is 13.6 Å². The summed E-state index contributed by atoms with van der Waals surface area (Å²) in [7, 11) is 1.59. The van der Waals surface area contributed by atoms with Gasteiger partial charge >= 0.3 is 0 Å². The molecule has 2 amide bonds. The number of benzene rings is 1. The van der Waals surface area contributed by atoms with Gasteiger partial charge in [-0.3, -0.25) is 9.59 Å². The maximum atomic E-state index is 12.1. The SMILES string of the molecule is CNC(=O)C(C)(C)CNC(=O)c1cc(I)ccc1Br. The summed E-state index contributed by atoms with van der Waals surface area (Å²) in [4.78, 5) is 23.7. The lowest BCUT2D eigenvalue weighted by molar-refractivity contribution is -0.128. The predicted octanol–water partition coefficient (Wildman–Crippen LogP) is 2.56. The van der Waals surface area contributed by atoms with Gasteiger partial charge in [0.05, 0.1) is 11.0 Å². The molecule has 2 N–H and O–H groups in total. The minimum atomic E-state index is -0.640. The number of carbonyl (C=O) groups excluding carboxylic acids is 2. The summed E-state index contributed by atoms with van der Waals surface area (Å²) in [5.41, 5.74) is -0.0710. The van der Waals surface area contributed by atoms with Crippen molar-refractivity contribution in [3.8, 4) is 0 Å². The lowest BCUT2D eigenvalue weighted by Crippen LogP contribution is -2.43. The van der Waals surface area contributed by atoms with E-state index in [1.807, 2.05) is 12.1 Å². The number of amides is 2. The van der Waals surface area contributed by atoms with Crippen LogP contribution in [0.15, 0.2) is 22.7 Å². The van der Waals surface area contributed by atoms with Crippen molar-refractivity contribution in [3.63, 3.8) is 0 Å². The molecule has 0 saturated carbocycles. The van der Waals surface area contributed by atoms with Gasteiger partial charge in [-0.2, -0.15) is 0 Å². The van der Waals surface area contributed by atoms with Gasteiger partial charge in [0, 0.05) is 21.6 Å². The second-order valence-corrected chi connectivity index (χ2v) is 6.87. The number of carbonyl (C=O) groups is 2. The molecule has 19 heavy (non-hydrogen) atoms. The third-order valence-corrected chi connectivity index (χ3v) is 4.07. The van der Waals surface area contributed by atoms with E-state index in [0.29, 0.717) is 5.56 Å². The Bertz CT molecular complexity index is 503. The van der Waals surface area contributed by atoms with Crippen molar-refractivity contribution in [2.45, 2.75) is 13.8 Å². The van der Waals surface area contributed by atoms with Crippen LogP contribution in [0.1, 0.15) is 24.2 Å². The molecule has 104 valence electrons. The fourth-order valence-electron chi connectivity index (χ4n) is 1.49. The number of nitrogens with one attached hydrogen (secondary N) is 2. The molecule has 0 unspecified atom stereocenters. The van der Waals surface area contributed by atoms with Crippen LogP contribution in [0.25, 0.3) is 0 Å². The highest BCUT2D eigenvalue weighted by atomic mass is 127. The van der Waals surface area contributed by atoms with E-state index in [0.717, 1.165) is 8.04 Å². The van der Waals surface area contributed by atoms with Crippen molar-refractivity contribution in [1.82, 2.24) is 10.6 Å². The average Bonchev–Trinajstić information content (AvgIpc) is 2.37. The molecule has 0 heterocycles. The van der Waals surface area contributed by atoms with Crippen molar-refractivity contribution in [1.29, 1.82) is 0 Å². The fraction of sp³-hybridized carbons (Fsp3) is 0.385. The molecular weight excluding hydrogens is 423 g/mol. The van der Waals surface area contributed by atoms with Crippen LogP contribution in [-0.2, 0) is 4.79 Å². The van der Waals surface area contributed by atoms with Crippen LogP contribution in [0, 0.1) is 8.99 Å². The first-order chi connectivity index (χ1) is 8.77. The van der Waals surface area contributed by atoms with Crippen molar-refractivity contribution in [3.05, 3.63) is 31.8 Å². The lowest BCUT2D eigenvalue weighted by Gasteiger charge is -2.23. The maximum absolute atomic E-state index is 12.1. The molecule has 0 aliphatic rings. The average molecular weight is 439 g/mol. The van der Waals surface area contributed by atoms with Gasteiger partial charge in [-0.25, -0.2) is 0 Å². The number of halogens is 2. The fourth-order valence-corrected chi connectivity index (χ4v) is 2.40. The zero-order valence-electron chi connectivity index (χ0n) is 11.0. The van der Waals surface area contributed by atoms with E-state index in [4.69, 9.17) is 0 Å². The van der Waals surface area contributed by atoms with E-state index >= 15 is 0 Å². The maximum Gasteiger partial charge on any atom is 0.252 e.